The summed E-state index contributed by atoms with van der Waals surface area (Å²) in [7, 11) is 0. The smallest absolute Gasteiger partial charge is 0.150 e. The molecular formula is C13H17Cl3N2. The Bertz CT molecular complexity index is 423. The molecule has 1 aromatic rings. The number of halogens is 3. The highest BCUT2D eigenvalue weighted by molar-refractivity contribution is 6.42. The predicted molar refractivity (Wildman–Crippen MR) is 78.9 cm³/mol. The topological polar surface area (TPSA) is 24.9 Å². The zero-order valence-electron chi connectivity index (χ0n) is 10.3. The molecule has 0 amide bonds. The molecule has 0 bridgehead atoms. The van der Waals surface area contributed by atoms with Gasteiger partial charge in [-0.3, -0.25) is 0 Å². The van der Waals surface area contributed by atoms with E-state index >= 15 is 0 Å². The van der Waals surface area contributed by atoms with Crippen molar-refractivity contribution in [3.63, 3.8) is 0 Å². The van der Waals surface area contributed by atoms with Gasteiger partial charge in [0.25, 0.3) is 0 Å². The quantitative estimate of drug-likeness (QED) is 0.582. The van der Waals surface area contributed by atoms with E-state index in [1.807, 2.05) is 0 Å². The maximum atomic E-state index is 6.14. The summed E-state index contributed by atoms with van der Waals surface area (Å²) in [6, 6.07) is 2.05. The van der Waals surface area contributed by atoms with Crippen LogP contribution in [-0.2, 0) is 0 Å². The molecule has 18 heavy (non-hydrogen) atoms. The number of aromatic nitrogens is 1. The molecule has 1 N–H and O–H groups in total. The number of nitrogens with zero attached hydrogens (tertiary/aromatic N) is 1. The Morgan fingerprint density at radius 1 is 1.11 bits per heavy atom. The number of pyridine rings is 1. The molecule has 2 rings (SSSR count). The largest absolute Gasteiger partial charge is 0.366 e. The van der Waals surface area contributed by atoms with E-state index in [1.54, 1.807) is 6.07 Å². The third kappa shape index (κ3) is 3.43. The van der Waals surface area contributed by atoms with Gasteiger partial charge in [0.2, 0.25) is 0 Å². The van der Waals surface area contributed by atoms with Crippen molar-refractivity contribution in [3.8, 4) is 0 Å². The van der Waals surface area contributed by atoms with Gasteiger partial charge in [-0.25, -0.2) is 4.98 Å². The van der Waals surface area contributed by atoms with Crippen LogP contribution in [0.3, 0.4) is 0 Å². The van der Waals surface area contributed by atoms with E-state index in [2.05, 4.69) is 17.2 Å². The Morgan fingerprint density at radius 2 is 1.83 bits per heavy atom. The lowest BCUT2D eigenvalue weighted by molar-refractivity contribution is 0.456. The van der Waals surface area contributed by atoms with Crippen LogP contribution >= 0.6 is 34.8 Å². The van der Waals surface area contributed by atoms with Gasteiger partial charge in [-0.15, -0.1) is 0 Å². The van der Waals surface area contributed by atoms with Crippen LogP contribution in [0.15, 0.2) is 6.07 Å². The van der Waals surface area contributed by atoms with Crippen molar-refractivity contribution in [1.29, 1.82) is 0 Å². The SMILES string of the molecule is CC1CCCCCC1Nc1nc(Cl)c(Cl)cc1Cl. The summed E-state index contributed by atoms with van der Waals surface area (Å²) in [6.07, 6.45) is 6.27. The van der Waals surface area contributed by atoms with E-state index in [-0.39, 0.29) is 0 Å². The van der Waals surface area contributed by atoms with Gasteiger partial charge in [-0.1, -0.05) is 61.0 Å². The van der Waals surface area contributed by atoms with Crippen molar-refractivity contribution in [2.75, 3.05) is 5.32 Å². The van der Waals surface area contributed by atoms with Crippen LogP contribution in [0.25, 0.3) is 0 Å². The number of hydrogen-bond donors (Lipinski definition) is 1. The molecule has 2 atom stereocenters. The van der Waals surface area contributed by atoms with Gasteiger partial charge in [0.1, 0.15) is 11.0 Å². The minimum atomic E-state index is 0.296. The Balaban J connectivity index is 2.14. The van der Waals surface area contributed by atoms with E-state index in [0.717, 1.165) is 6.42 Å². The normalized spacial score (nSPS) is 24.7. The molecule has 1 saturated carbocycles. The third-order valence-electron chi connectivity index (χ3n) is 3.57. The van der Waals surface area contributed by atoms with Crippen LogP contribution in [0, 0.1) is 5.92 Å². The average Bonchev–Trinajstić information content (AvgIpc) is 2.52. The molecule has 1 heterocycles. The number of rotatable bonds is 2. The first kappa shape index (κ1) is 14.2. The zero-order chi connectivity index (χ0) is 13.1. The molecule has 100 valence electrons. The highest BCUT2D eigenvalue weighted by Crippen LogP contribution is 2.32. The Kier molecular flexibility index (Phi) is 4.99. The summed E-state index contributed by atoms with van der Waals surface area (Å²) in [5.74, 6) is 1.27. The Hall–Kier alpha value is -0.180. The van der Waals surface area contributed by atoms with Crippen molar-refractivity contribution < 1.29 is 0 Å². The lowest BCUT2D eigenvalue weighted by Gasteiger charge is -2.24. The Morgan fingerprint density at radius 3 is 2.61 bits per heavy atom. The zero-order valence-corrected chi connectivity index (χ0v) is 12.6. The monoisotopic (exact) mass is 306 g/mol. The van der Waals surface area contributed by atoms with Gasteiger partial charge in [-0.2, -0.15) is 0 Å². The summed E-state index contributed by atoms with van der Waals surface area (Å²) in [4.78, 5) is 4.22. The van der Waals surface area contributed by atoms with Gasteiger partial charge in [-0.05, 0) is 24.8 Å². The van der Waals surface area contributed by atoms with E-state index in [1.165, 1.54) is 25.7 Å². The standard InChI is InChI=1S/C13H17Cl3N2/c1-8-5-3-2-4-6-11(8)17-13-10(15)7-9(14)12(16)18-13/h7-8,11H,2-6H2,1H3,(H,17,18). The summed E-state index contributed by atoms with van der Waals surface area (Å²) >= 11 is 17.9. The molecule has 2 nitrogen and oxygen atoms in total. The predicted octanol–water partition coefficient (Wildman–Crippen LogP) is 5.42. The highest BCUT2D eigenvalue weighted by atomic mass is 35.5. The average molecular weight is 308 g/mol. The molecular weight excluding hydrogens is 291 g/mol. The summed E-state index contributed by atoms with van der Waals surface area (Å²) in [5.41, 5.74) is 0. The minimum Gasteiger partial charge on any atom is -0.366 e. The molecule has 1 fully saturated rings. The fourth-order valence-electron chi connectivity index (χ4n) is 2.43. The maximum Gasteiger partial charge on any atom is 0.150 e. The first-order valence-corrected chi connectivity index (χ1v) is 7.49. The molecule has 0 radical (unpaired) electrons. The van der Waals surface area contributed by atoms with Crippen LogP contribution in [0.4, 0.5) is 5.82 Å². The van der Waals surface area contributed by atoms with Crippen molar-refractivity contribution in [3.05, 3.63) is 21.3 Å². The lowest BCUT2D eigenvalue weighted by Crippen LogP contribution is -2.26. The van der Waals surface area contributed by atoms with E-state index < -0.39 is 0 Å². The summed E-state index contributed by atoms with van der Waals surface area (Å²) in [6.45, 7) is 2.27. The van der Waals surface area contributed by atoms with Crippen LogP contribution < -0.4 is 5.32 Å². The minimum absolute atomic E-state index is 0.296. The van der Waals surface area contributed by atoms with Crippen molar-refractivity contribution in [2.24, 2.45) is 5.92 Å². The number of nitrogens with one attached hydrogen (secondary N) is 1. The molecule has 0 spiro atoms. The van der Waals surface area contributed by atoms with Crippen LogP contribution in [0.1, 0.15) is 39.0 Å². The second kappa shape index (κ2) is 6.31. The summed E-state index contributed by atoms with van der Waals surface area (Å²) in [5, 5.41) is 4.64. The molecule has 5 heteroatoms. The van der Waals surface area contributed by atoms with E-state index in [0.29, 0.717) is 33.0 Å². The summed E-state index contributed by atoms with van der Waals surface area (Å²) < 4.78 is 0. The van der Waals surface area contributed by atoms with E-state index in [4.69, 9.17) is 34.8 Å². The van der Waals surface area contributed by atoms with Gasteiger partial charge in [0.15, 0.2) is 0 Å². The van der Waals surface area contributed by atoms with Gasteiger partial charge >= 0.3 is 0 Å². The fraction of sp³-hybridized carbons (Fsp3) is 0.615. The van der Waals surface area contributed by atoms with Crippen molar-refractivity contribution >= 4 is 40.6 Å². The molecule has 1 aromatic heterocycles. The van der Waals surface area contributed by atoms with Gasteiger partial charge in [0.05, 0.1) is 10.0 Å². The molecule has 2 unspecified atom stereocenters. The Labute approximate surface area is 123 Å². The van der Waals surface area contributed by atoms with Crippen LogP contribution in [0.5, 0.6) is 0 Å². The molecule has 1 aliphatic rings. The van der Waals surface area contributed by atoms with Crippen LogP contribution in [-0.4, -0.2) is 11.0 Å². The third-order valence-corrected chi connectivity index (χ3v) is 4.53. The number of hydrogen-bond acceptors (Lipinski definition) is 2. The molecule has 0 saturated heterocycles. The number of anilines is 1. The second-order valence-corrected chi connectivity index (χ2v) is 6.13. The fourth-order valence-corrected chi connectivity index (χ4v) is 2.98. The van der Waals surface area contributed by atoms with Gasteiger partial charge in [0, 0.05) is 6.04 Å². The first-order valence-electron chi connectivity index (χ1n) is 6.36. The molecule has 0 aromatic carbocycles. The van der Waals surface area contributed by atoms with Gasteiger partial charge < -0.3 is 5.32 Å². The highest BCUT2D eigenvalue weighted by Gasteiger charge is 2.21. The first-order chi connectivity index (χ1) is 8.58. The van der Waals surface area contributed by atoms with E-state index in [9.17, 15) is 0 Å². The lowest BCUT2D eigenvalue weighted by atomic mass is 9.97. The van der Waals surface area contributed by atoms with Crippen molar-refractivity contribution in [1.82, 2.24) is 4.98 Å². The van der Waals surface area contributed by atoms with Crippen molar-refractivity contribution in [2.45, 2.75) is 45.1 Å². The second-order valence-electron chi connectivity index (χ2n) is 4.96. The maximum absolute atomic E-state index is 6.14. The molecule has 0 aliphatic heterocycles. The molecule has 1 aliphatic carbocycles. The van der Waals surface area contributed by atoms with Crippen LogP contribution in [0.2, 0.25) is 15.2 Å².